The lowest BCUT2D eigenvalue weighted by Gasteiger charge is -2.29. The summed E-state index contributed by atoms with van der Waals surface area (Å²) < 4.78 is 5.24. The van der Waals surface area contributed by atoms with Gasteiger partial charge in [0, 0.05) is 18.2 Å². The van der Waals surface area contributed by atoms with E-state index in [0.717, 1.165) is 24.4 Å². The minimum Gasteiger partial charge on any atom is -0.497 e. The van der Waals surface area contributed by atoms with Crippen molar-refractivity contribution >= 4 is 11.5 Å². The van der Waals surface area contributed by atoms with Crippen molar-refractivity contribution in [1.29, 1.82) is 5.41 Å². The third-order valence-electron chi connectivity index (χ3n) is 3.87. The van der Waals surface area contributed by atoms with E-state index in [9.17, 15) is 5.11 Å². The number of hydrogen-bond acceptors (Lipinski definition) is 4. The first kappa shape index (κ1) is 13.7. The second-order valence-electron chi connectivity index (χ2n) is 5.01. The lowest BCUT2D eigenvalue weighted by atomic mass is 10.0. The Hall–Kier alpha value is -1.75. The molecule has 1 heterocycles. The third kappa shape index (κ3) is 2.51. The van der Waals surface area contributed by atoms with E-state index < -0.39 is 0 Å². The Balaban J connectivity index is 2.44. The average Bonchev–Trinajstić information content (AvgIpc) is 2.78. The van der Waals surface area contributed by atoms with Crippen molar-refractivity contribution in [3.63, 3.8) is 0 Å². The van der Waals surface area contributed by atoms with Gasteiger partial charge < -0.3 is 20.5 Å². The monoisotopic (exact) mass is 263 g/mol. The molecule has 1 saturated heterocycles. The van der Waals surface area contributed by atoms with Crippen LogP contribution in [-0.4, -0.2) is 37.2 Å². The number of benzene rings is 1. The topological polar surface area (TPSA) is 82.6 Å². The molecular weight excluding hydrogens is 242 g/mol. The van der Waals surface area contributed by atoms with E-state index in [1.165, 1.54) is 0 Å². The van der Waals surface area contributed by atoms with Crippen LogP contribution in [0.4, 0.5) is 5.69 Å². The molecule has 0 bridgehead atoms. The maximum absolute atomic E-state index is 9.57. The molecule has 0 aromatic heterocycles. The maximum atomic E-state index is 9.57. The van der Waals surface area contributed by atoms with Crippen LogP contribution in [0.3, 0.4) is 0 Å². The molecule has 2 atom stereocenters. The number of methoxy groups -OCH3 is 1. The highest BCUT2D eigenvalue weighted by Gasteiger charge is 2.32. The largest absolute Gasteiger partial charge is 0.497 e. The fourth-order valence-electron chi connectivity index (χ4n) is 2.69. The molecule has 1 fully saturated rings. The van der Waals surface area contributed by atoms with E-state index in [4.69, 9.17) is 15.9 Å². The van der Waals surface area contributed by atoms with E-state index >= 15 is 0 Å². The average molecular weight is 263 g/mol. The van der Waals surface area contributed by atoms with E-state index in [2.05, 4.69) is 11.8 Å². The quantitative estimate of drug-likeness (QED) is 0.563. The van der Waals surface area contributed by atoms with Crippen LogP contribution in [0.5, 0.6) is 5.75 Å². The molecule has 1 aliphatic heterocycles. The molecule has 2 unspecified atom stereocenters. The number of nitrogens with two attached hydrogens (primary N) is 1. The van der Waals surface area contributed by atoms with Gasteiger partial charge in [-0.05, 0) is 24.5 Å². The molecule has 5 nitrogen and oxygen atoms in total. The molecular formula is C14H21N3O2. The van der Waals surface area contributed by atoms with Crippen LogP contribution in [0.25, 0.3) is 0 Å². The Morgan fingerprint density at radius 3 is 2.89 bits per heavy atom. The summed E-state index contributed by atoms with van der Waals surface area (Å²) in [6.07, 6.45) is 1.03. The van der Waals surface area contributed by atoms with Gasteiger partial charge in [-0.15, -0.1) is 0 Å². The normalized spacial score (nSPS) is 22.6. The van der Waals surface area contributed by atoms with Crippen LogP contribution < -0.4 is 15.4 Å². The minimum atomic E-state index is 0.0360. The first-order chi connectivity index (χ1) is 9.08. The molecule has 4 N–H and O–H groups in total. The summed E-state index contributed by atoms with van der Waals surface area (Å²) in [5.41, 5.74) is 7.21. The number of ether oxygens (including phenoxy) is 1. The van der Waals surface area contributed by atoms with E-state index in [-0.39, 0.29) is 18.5 Å². The lowest BCUT2D eigenvalue weighted by Crippen LogP contribution is -2.36. The second-order valence-corrected chi connectivity index (χ2v) is 5.01. The van der Waals surface area contributed by atoms with Gasteiger partial charge in [0.15, 0.2) is 0 Å². The van der Waals surface area contributed by atoms with Crippen LogP contribution in [0.2, 0.25) is 0 Å². The summed E-state index contributed by atoms with van der Waals surface area (Å²) in [4.78, 5) is 2.13. The van der Waals surface area contributed by atoms with Crippen LogP contribution in [-0.2, 0) is 0 Å². The zero-order valence-electron chi connectivity index (χ0n) is 11.4. The van der Waals surface area contributed by atoms with Crippen LogP contribution in [0, 0.1) is 11.3 Å². The van der Waals surface area contributed by atoms with Crippen LogP contribution in [0.1, 0.15) is 18.9 Å². The molecule has 19 heavy (non-hydrogen) atoms. The number of aliphatic hydroxyl groups excluding tert-OH is 1. The van der Waals surface area contributed by atoms with Gasteiger partial charge in [0.2, 0.25) is 0 Å². The van der Waals surface area contributed by atoms with Crippen molar-refractivity contribution in [2.45, 2.75) is 19.4 Å². The molecule has 0 saturated carbocycles. The number of hydrogen-bond donors (Lipinski definition) is 3. The number of anilines is 1. The van der Waals surface area contributed by atoms with E-state index in [0.29, 0.717) is 11.5 Å². The Morgan fingerprint density at radius 1 is 1.58 bits per heavy atom. The van der Waals surface area contributed by atoms with Gasteiger partial charge in [-0.2, -0.15) is 0 Å². The summed E-state index contributed by atoms with van der Waals surface area (Å²) in [5.74, 6) is 1.20. The van der Waals surface area contributed by atoms with Gasteiger partial charge in [0.1, 0.15) is 11.6 Å². The lowest BCUT2D eigenvalue weighted by molar-refractivity contribution is 0.244. The first-order valence-corrected chi connectivity index (χ1v) is 6.48. The Bertz CT molecular complexity index is 476. The molecule has 0 aliphatic carbocycles. The maximum Gasteiger partial charge on any atom is 0.124 e. The SMILES string of the molecule is COc1ccc(C(=N)N)c(N2CCC(C)C2CO)c1. The Morgan fingerprint density at radius 2 is 2.32 bits per heavy atom. The van der Waals surface area contributed by atoms with E-state index in [1.807, 2.05) is 6.07 Å². The zero-order valence-corrected chi connectivity index (χ0v) is 11.4. The van der Waals surface area contributed by atoms with Crippen molar-refractivity contribution in [2.24, 2.45) is 11.7 Å². The molecule has 5 heteroatoms. The predicted molar refractivity (Wildman–Crippen MR) is 76.0 cm³/mol. The second kappa shape index (κ2) is 5.48. The summed E-state index contributed by atoms with van der Waals surface area (Å²) in [5, 5.41) is 17.3. The van der Waals surface area contributed by atoms with Gasteiger partial charge in [0.05, 0.1) is 25.4 Å². The molecule has 0 spiro atoms. The molecule has 1 aromatic rings. The number of rotatable bonds is 4. The van der Waals surface area contributed by atoms with Crippen molar-refractivity contribution in [3.05, 3.63) is 23.8 Å². The standard InChI is InChI=1S/C14H21N3O2/c1-9-5-6-17(13(9)8-18)12-7-10(19-2)3-4-11(12)14(15)16/h3-4,7,9,13,18H,5-6,8H2,1-2H3,(H3,15,16). The highest BCUT2D eigenvalue weighted by atomic mass is 16.5. The molecule has 104 valence electrons. The summed E-state index contributed by atoms with van der Waals surface area (Å²) >= 11 is 0. The van der Waals surface area contributed by atoms with Gasteiger partial charge >= 0.3 is 0 Å². The van der Waals surface area contributed by atoms with Crippen molar-refractivity contribution in [3.8, 4) is 5.75 Å². The van der Waals surface area contributed by atoms with Crippen LogP contribution >= 0.6 is 0 Å². The first-order valence-electron chi connectivity index (χ1n) is 6.48. The number of amidine groups is 1. The molecule has 1 aromatic carbocycles. The number of nitrogens with zero attached hydrogens (tertiary/aromatic N) is 1. The Kier molecular flexibility index (Phi) is 3.95. The minimum absolute atomic E-state index is 0.0360. The summed E-state index contributed by atoms with van der Waals surface area (Å²) in [6, 6.07) is 5.56. The zero-order chi connectivity index (χ0) is 14.0. The van der Waals surface area contributed by atoms with Gasteiger partial charge in [-0.3, -0.25) is 5.41 Å². The summed E-state index contributed by atoms with van der Waals surface area (Å²) in [6.45, 7) is 3.10. The van der Waals surface area contributed by atoms with Gasteiger partial charge in [0.25, 0.3) is 0 Å². The van der Waals surface area contributed by atoms with Crippen molar-refractivity contribution < 1.29 is 9.84 Å². The number of aliphatic hydroxyl groups is 1. The highest BCUT2D eigenvalue weighted by molar-refractivity contribution is 6.00. The fraction of sp³-hybridized carbons (Fsp3) is 0.500. The van der Waals surface area contributed by atoms with Crippen molar-refractivity contribution in [1.82, 2.24) is 0 Å². The predicted octanol–water partition coefficient (Wildman–Crippen LogP) is 1.19. The van der Waals surface area contributed by atoms with Gasteiger partial charge in [-0.1, -0.05) is 6.92 Å². The number of nitrogens with one attached hydrogen (secondary N) is 1. The summed E-state index contributed by atoms with van der Waals surface area (Å²) in [7, 11) is 1.61. The molecule has 0 amide bonds. The van der Waals surface area contributed by atoms with E-state index in [1.54, 1.807) is 19.2 Å². The number of nitrogen functional groups attached to an aromatic ring is 1. The molecule has 2 rings (SSSR count). The highest BCUT2D eigenvalue weighted by Crippen LogP contribution is 2.34. The van der Waals surface area contributed by atoms with Gasteiger partial charge in [-0.25, -0.2) is 0 Å². The van der Waals surface area contributed by atoms with Crippen LogP contribution in [0.15, 0.2) is 18.2 Å². The fourth-order valence-corrected chi connectivity index (χ4v) is 2.69. The molecule has 0 radical (unpaired) electrons. The van der Waals surface area contributed by atoms with Crippen molar-refractivity contribution in [2.75, 3.05) is 25.2 Å². The molecule has 1 aliphatic rings. The smallest absolute Gasteiger partial charge is 0.124 e. The Labute approximate surface area is 113 Å². The third-order valence-corrected chi connectivity index (χ3v) is 3.87.